The maximum Gasteiger partial charge on any atom is 0.314 e. The van der Waals surface area contributed by atoms with Gasteiger partial charge in [0.15, 0.2) is 0 Å². The molecule has 1 aromatic heterocycles. The summed E-state index contributed by atoms with van der Waals surface area (Å²) in [4.78, 5) is 19.6. The predicted molar refractivity (Wildman–Crippen MR) is 96.9 cm³/mol. The van der Waals surface area contributed by atoms with E-state index in [0.29, 0.717) is 6.54 Å². The number of aromatic nitrogens is 2. The fourth-order valence-electron chi connectivity index (χ4n) is 2.58. The van der Waals surface area contributed by atoms with Crippen molar-refractivity contribution in [1.82, 2.24) is 20.6 Å². The van der Waals surface area contributed by atoms with Crippen LogP contribution in [-0.2, 0) is 6.42 Å². The third-order valence-electron chi connectivity index (χ3n) is 3.71. The van der Waals surface area contributed by atoms with Crippen molar-refractivity contribution in [2.45, 2.75) is 26.3 Å². The van der Waals surface area contributed by atoms with Gasteiger partial charge in [0.2, 0.25) is 0 Å². The molecule has 0 saturated heterocycles. The summed E-state index contributed by atoms with van der Waals surface area (Å²) < 4.78 is 0. The fraction of sp³-hybridized carbons (Fsp3) is 0.263. The first kappa shape index (κ1) is 16.1. The Kier molecular flexibility index (Phi) is 4.79. The molecule has 2 amide bonds. The number of carbonyl (C=O) groups is 1. The largest absolute Gasteiger partial charge is 0.338 e. The number of amides is 2. The molecule has 0 fully saturated rings. The third-order valence-corrected chi connectivity index (χ3v) is 3.71. The van der Waals surface area contributed by atoms with E-state index in [1.54, 1.807) is 0 Å². The van der Waals surface area contributed by atoms with Crippen LogP contribution in [0.4, 0.5) is 4.79 Å². The van der Waals surface area contributed by atoms with E-state index in [1.807, 2.05) is 50.2 Å². The van der Waals surface area contributed by atoms with Gasteiger partial charge in [-0.25, -0.2) is 9.78 Å². The van der Waals surface area contributed by atoms with Gasteiger partial charge in [-0.3, -0.25) is 0 Å². The smallest absolute Gasteiger partial charge is 0.314 e. The lowest BCUT2D eigenvalue weighted by atomic mass is 10.1. The number of carbonyl (C=O) groups excluding carboxylic acids is 1. The third kappa shape index (κ3) is 3.93. The zero-order chi connectivity index (χ0) is 16.9. The Bertz CT molecular complexity index is 824. The molecule has 0 bridgehead atoms. The number of H-pyrrole nitrogens is 1. The summed E-state index contributed by atoms with van der Waals surface area (Å²) in [6.07, 6.45) is 0.779. The number of rotatable bonds is 5. The van der Waals surface area contributed by atoms with Crippen LogP contribution in [0.5, 0.6) is 0 Å². The summed E-state index contributed by atoms with van der Waals surface area (Å²) in [5, 5.41) is 5.68. The Labute approximate surface area is 141 Å². The highest BCUT2D eigenvalue weighted by atomic mass is 16.2. The average molecular weight is 322 g/mol. The number of benzene rings is 2. The van der Waals surface area contributed by atoms with Crippen molar-refractivity contribution < 1.29 is 4.79 Å². The van der Waals surface area contributed by atoms with Crippen molar-refractivity contribution in [2.24, 2.45) is 0 Å². The summed E-state index contributed by atoms with van der Waals surface area (Å²) >= 11 is 0. The van der Waals surface area contributed by atoms with Crippen LogP contribution in [0.3, 0.4) is 0 Å². The zero-order valence-corrected chi connectivity index (χ0v) is 14.0. The van der Waals surface area contributed by atoms with Gasteiger partial charge >= 0.3 is 6.03 Å². The molecule has 0 aliphatic rings. The average Bonchev–Trinajstić information content (AvgIpc) is 2.98. The van der Waals surface area contributed by atoms with Crippen molar-refractivity contribution in [3.05, 3.63) is 54.1 Å². The van der Waals surface area contributed by atoms with Crippen molar-refractivity contribution >= 4 is 17.1 Å². The number of aromatic amines is 1. The van der Waals surface area contributed by atoms with E-state index < -0.39 is 0 Å². The van der Waals surface area contributed by atoms with E-state index in [-0.39, 0.29) is 12.1 Å². The van der Waals surface area contributed by atoms with Crippen LogP contribution in [-0.4, -0.2) is 28.6 Å². The Hall–Kier alpha value is -2.82. The van der Waals surface area contributed by atoms with Gasteiger partial charge in [0.25, 0.3) is 0 Å². The summed E-state index contributed by atoms with van der Waals surface area (Å²) in [6.45, 7) is 4.48. The normalized spacial score (nSPS) is 11.0. The lowest BCUT2D eigenvalue weighted by molar-refractivity contribution is 0.238. The van der Waals surface area contributed by atoms with Gasteiger partial charge in [0.1, 0.15) is 5.82 Å². The maximum absolute atomic E-state index is 11.6. The molecule has 2 aromatic carbocycles. The second kappa shape index (κ2) is 7.17. The monoisotopic (exact) mass is 322 g/mol. The molecule has 0 spiro atoms. The quantitative estimate of drug-likeness (QED) is 0.673. The van der Waals surface area contributed by atoms with Gasteiger partial charge in [0.05, 0.1) is 11.0 Å². The van der Waals surface area contributed by atoms with Gasteiger partial charge in [-0.15, -0.1) is 0 Å². The summed E-state index contributed by atoms with van der Waals surface area (Å²) in [5.41, 5.74) is 4.19. The Morgan fingerprint density at radius 3 is 2.71 bits per heavy atom. The van der Waals surface area contributed by atoms with Gasteiger partial charge in [0, 0.05) is 18.2 Å². The molecule has 0 saturated carbocycles. The Morgan fingerprint density at radius 2 is 1.96 bits per heavy atom. The van der Waals surface area contributed by atoms with Crippen LogP contribution in [0.15, 0.2) is 48.5 Å². The maximum atomic E-state index is 11.6. The van der Waals surface area contributed by atoms with E-state index in [2.05, 4.69) is 32.7 Å². The zero-order valence-electron chi connectivity index (χ0n) is 14.0. The summed E-state index contributed by atoms with van der Waals surface area (Å²) in [6, 6.07) is 16.3. The molecule has 3 aromatic rings. The predicted octanol–water partition coefficient (Wildman–Crippen LogP) is 3.48. The van der Waals surface area contributed by atoms with Crippen molar-refractivity contribution in [1.29, 1.82) is 0 Å². The van der Waals surface area contributed by atoms with Gasteiger partial charge in [-0.05, 0) is 38.0 Å². The molecule has 0 aliphatic heterocycles. The number of nitrogens with zero attached hydrogens (tertiary/aromatic N) is 1. The lowest BCUT2D eigenvalue weighted by Crippen LogP contribution is -2.40. The van der Waals surface area contributed by atoms with Gasteiger partial charge in [-0.1, -0.05) is 36.4 Å². The highest BCUT2D eigenvalue weighted by molar-refractivity contribution is 5.80. The highest BCUT2D eigenvalue weighted by Crippen LogP contribution is 2.21. The van der Waals surface area contributed by atoms with Crippen molar-refractivity contribution in [3.63, 3.8) is 0 Å². The minimum atomic E-state index is -0.126. The number of urea groups is 1. The SMILES string of the molecule is CC(C)NC(=O)NCCc1ccc2nc(-c3ccccc3)[nH]c2c1. The molecule has 124 valence electrons. The number of fused-ring (bicyclic) bond motifs is 1. The molecular formula is C19H22N4O. The van der Waals surface area contributed by atoms with E-state index >= 15 is 0 Å². The van der Waals surface area contributed by atoms with E-state index in [0.717, 1.165) is 34.4 Å². The summed E-state index contributed by atoms with van der Waals surface area (Å²) in [5.74, 6) is 0.872. The molecule has 5 heteroatoms. The molecule has 0 radical (unpaired) electrons. The standard InChI is InChI=1S/C19H22N4O/c1-13(2)21-19(24)20-11-10-14-8-9-16-17(12-14)23-18(22-16)15-6-4-3-5-7-15/h3-9,12-13H,10-11H2,1-2H3,(H,22,23)(H2,20,21,24). The Morgan fingerprint density at radius 1 is 1.17 bits per heavy atom. The van der Waals surface area contributed by atoms with Crippen LogP contribution in [0.25, 0.3) is 22.4 Å². The second-order valence-corrected chi connectivity index (χ2v) is 6.11. The number of hydrogen-bond donors (Lipinski definition) is 3. The van der Waals surface area contributed by atoms with Crippen LogP contribution in [0.1, 0.15) is 19.4 Å². The van der Waals surface area contributed by atoms with E-state index in [4.69, 9.17) is 0 Å². The molecule has 3 N–H and O–H groups in total. The lowest BCUT2D eigenvalue weighted by Gasteiger charge is -2.09. The summed E-state index contributed by atoms with van der Waals surface area (Å²) in [7, 11) is 0. The molecule has 1 heterocycles. The molecule has 5 nitrogen and oxygen atoms in total. The topological polar surface area (TPSA) is 69.8 Å². The van der Waals surface area contributed by atoms with Crippen molar-refractivity contribution in [2.75, 3.05) is 6.54 Å². The Balaban J connectivity index is 1.67. The highest BCUT2D eigenvalue weighted by Gasteiger charge is 2.06. The molecular weight excluding hydrogens is 300 g/mol. The molecule has 0 unspecified atom stereocenters. The number of imidazole rings is 1. The minimum Gasteiger partial charge on any atom is -0.338 e. The molecule has 24 heavy (non-hydrogen) atoms. The minimum absolute atomic E-state index is 0.126. The van der Waals surface area contributed by atoms with Crippen molar-refractivity contribution in [3.8, 4) is 11.4 Å². The van der Waals surface area contributed by atoms with E-state index in [9.17, 15) is 4.79 Å². The molecule has 0 aliphatic carbocycles. The van der Waals surface area contributed by atoms with Crippen LogP contribution in [0.2, 0.25) is 0 Å². The second-order valence-electron chi connectivity index (χ2n) is 6.11. The van der Waals surface area contributed by atoms with Crippen LogP contribution < -0.4 is 10.6 Å². The first-order chi connectivity index (χ1) is 11.6. The van der Waals surface area contributed by atoms with Gasteiger partial charge < -0.3 is 15.6 Å². The van der Waals surface area contributed by atoms with Gasteiger partial charge in [-0.2, -0.15) is 0 Å². The first-order valence-corrected chi connectivity index (χ1v) is 8.20. The van der Waals surface area contributed by atoms with Crippen LogP contribution in [0, 0.1) is 0 Å². The molecule has 0 atom stereocenters. The molecule has 3 rings (SSSR count). The van der Waals surface area contributed by atoms with E-state index in [1.165, 1.54) is 0 Å². The fourth-order valence-corrected chi connectivity index (χ4v) is 2.58. The van der Waals surface area contributed by atoms with Crippen LogP contribution >= 0.6 is 0 Å². The number of hydrogen-bond acceptors (Lipinski definition) is 2. The first-order valence-electron chi connectivity index (χ1n) is 8.20. The number of nitrogens with one attached hydrogen (secondary N) is 3.